The fourth-order valence-corrected chi connectivity index (χ4v) is 7.63. The Bertz CT molecular complexity index is 2050. The molecule has 0 bridgehead atoms. The third-order valence-corrected chi connectivity index (χ3v) is 11.1. The molecule has 3 fully saturated rings. The first-order valence-electron chi connectivity index (χ1n) is 19.8. The van der Waals surface area contributed by atoms with E-state index < -0.39 is 12.0 Å². The minimum Gasteiger partial charge on any atom is -0.465 e. The van der Waals surface area contributed by atoms with E-state index in [0.717, 1.165) is 78.7 Å². The minimum absolute atomic E-state index is 0.225. The van der Waals surface area contributed by atoms with Gasteiger partial charge in [0.05, 0.1) is 13.2 Å². The van der Waals surface area contributed by atoms with Crippen LogP contribution >= 0.6 is 0 Å². The lowest BCUT2D eigenvalue weighted by atomic mass is 9.94. The summed E-state index contributed by atoms with van der Waals surface area (Å²) in [6.45, 7) is 9.00. The summed E-state index contributed by atoms with van der Waals surface area (Å²) < 4.78 is 5.05. The summed E-state index contributed by atoms with van der Waals surface area (Å²) in [6, 6.07) is 14.7. The van der Waals surface area contributed by atoms with E-state index >= 15 is 0 Å². The molecular formula is C44H52N6O5. The molecule has 2 aliphatic carbocycles. The Kier molecular flexibility index (Phi) is 12.0. The second-order valence-corrected chi connectivity index (χ2v) is 15.2. The molecule has 0 radical (unpaired) electrons. The molecule has 2 aromatic heterocycles. The molecule has 4 aromatic rings. The summed E-state index contributed by atoms with van der Waals surface area (Å²) in [5.74, 6) is -0.218. The molecule has 1 saturated heterocycles. The zero-order chi connectivity index (χ0) is 38.5. The van der Waals surface area contributed by atoms with Crippen molar-refractivity contribution in [1.82, 2.24) is 20.2 Å². The van der Waals surface area contributed by atoms with Crippen molar-refractivity contribution in [3.63, 3.8) is 0 Å². The molecule has 4 N–H and O–H groups in total. The van der Waals surface area contributed by atoms with Crippen LogP contribution < -0.4 is 16.0 Å². The number of esters is 1. The number of likely N-dealkylation sites (tertiary alicyclic amines) is 1. The molecular weight excluding hydrogens is 693 g/mol. The Labute approximate surface area is 323 Å². The van der Waals surface area contributed by atoms with Gasteiger partial charge in [-0.15, -0.1) is 0 Å². The van der Waals surface area contributed by atoms with Gasteiger partial charge in [0.15, 0.2) is 0 Å². The van der Waals surface area contributed by atoms with Gasteiger partial charge in [0.1, 0.15) is 17.4 Å². The highest BCUT2D eigenvalue weighted by molar-refractivity contribution is 6.05. The van der Waals surface area contributed by atoms with Crippen LogP contribution in [0, 0.1) is 13.8 Å². The van der Waals surface area contributed by atoms with Crippen LogP contribution in [0.25, 0.3) is 11.1 Å². The van der Waals surface area contributed by atoms with Gasteiger partial charge in [0, 0.05) is 36.9 Å². The third kappa shape index (κ3) is 9.12. The van der Waals surface area contributed by atoms with E-state index in [4.69, 9.17) is 4.74 Å². The Hall–Kier alpha value is -4.97. The first-order chi connectivity index (χ1) is 26.7. The van der Waals surface area contributed by atoms with Crippen molar-refractivity contribution in [1.29, 1.82) is 0 Å². The number of hydrogen-bond acceptors (Lipinski definition) is 9. The molecule has 3 aliphatic rings. The number of benzene rings is 2. The van der Waals surface area contributed by atoms with E-state index in [9.17, 15) is 19.5 Å². The van der Waals surface area contributed by atoms with Crippen LogP contribution in [0.2, 0.25) is 0 Å². The number of anilines is 2. The first-order valence-corrected chi connectivity index (χ1v) is 19.8. The lowest BCUT2D eigenvalue weighted by molar-refractivity contribution is -0.146. The highest BCUT2D eigenvalue weighted by atomic mass is 16.5. The standard InChI is InChI=1S/C44H52N6O5/c1-4-55-44(54)41(26-51)47-23-31-22-45-39(20-35(31)29-14-15-29)42(52)48-37-12-8-10-33(27(37)2)34-11-9-13-38(28(34)3)49-43(53)40-21-36(30-16-17-30)32(24-46-40)25-50-18-6-5-7-19-50/h8-13,20-22,24,29-30,41,47,51H,4-7,14-19,23,25-26H2,1-3H3,(H,48,52)(H,49,53). The van der Waals surface area contributed by atoms with Crippen LogP contribution in [0.5, 0.6) is 0 Å². The van der Waals surface area contributed by atoms with Crippen molar-refractivity contribution in [3.8, 4) is 11.1 Å². The second kappa shape index (κ2) is 17.2. The first kappa shape index (κ1) is 38.3. The molecule has 3 heterocycles. The number of nitrogens with one attached hydrogen (secondary N) is 3. The van der Waals surface area contributed by atoms with Gasteiger partial charge in [-0.3, -0.25) is 34.6 Å². The summed E-state index contributed by atoms with van der Waals surface area (Å²) in [6.07, 6.45) is 11.7. The second-order valence-electron chi connectivity index (χ2n) is 15.2. The summed E-state index contributed by atoms with van der Waals surface area (Å²) >= 11 is 0. The molecule has 288 valence electrons. The largest absolute Gasteiger partial charge is 0.465 e. The molecule has 1 unspecified atom stereocenters. The normalized spacial score (nSPS) is 16.4. The quantitative estimate of drug-likeness (QED) is 0.0944. The highest BCUT2D eigenvalue weighted by Crippen LogP contribution is 2.43. The maximum Gasteiger partial charge on any atom is 0.325 e. The monoisotopic (exact) mass is 744 g/mol. The van der Waals surface area contributed by atoms with Crippen LogP contribution in [-0.2, 0) is 22.6 Å². The SMILES string of the molecule is CCOC(=O)C(CO)NCc1cnc(C(=O)Nc2cccc(-c3cccc(NC(=O)c4cc(C5CC5)c(CN5CCCCC5)cn4)c3C)c2C)cc1C1CC1. The molecule has 7 rings (SSSR count). The number of aliphatic hydroxyl groups excluding tert-OH is 1. The molecule has 11 heteroatoms. The number of aliphatic hydroxyl groups is 1. The summed E-state index contributed by atoms with van der Waals surface area (Å²) in [7, 11) is 0. The number of amides is 2. The van der Waals surface area contributed by atoms with Crippen LogP contribution in [0.4, 0.5) is 11.4 Å². The molecule has 11 nitrogen and oxygen atoms in total. The minimum atomic E-state index is -0.838. The maximum atomic E-state index is 13.6. The number of ether oxygens (including phenoxy) is 1. The number of pyridine rings is 2. The van der Waals surface area contributed by atoms with Crippen LogP contribution in [-0.4, -0.2) is 70.1 Å². The maximum absolute atomic E-state index is 13.6. The molecule has 55 heavy (non-hydrogen) atoms. The number of nitrogens with zero attached hydrogens (tertiary/aromatic N) is 3. The summed E-state index contributed by atoms with van der Waals surface area (Å²) in [4.78, 5) is 51.1. The average molecular weight is 745 g/mol. The van der Waals surface area contributed by atoms with E-state index in [2.05, 4.69) is 30.8 Å². The number of hydrogen-bond donors (Lipinski definition) is 4. The number of piperidine rings is 1. The summed E-state index contributed by atoms with van der Waals surface area (Å²) in [5.41, 5.74) is 10.2. The van der Waals surface area contributed by atoms with Crippen LogP contribution in [0.3, 0.4) is 0 Å². The van der Waals surface area contributed by atoms with Gasteiger partial charge in [-0.25, -0.2) is 0 Å². The van der Waals surface area contributed by atoms with E-state index in [-0.39, 0.29) is 25.0 Å². The number of rotatable bonds is 15. The van der Waals surface area contributed by atoms with Gasteiger partial charge in [0.2, 0.25) is 0 Å². The van der Waals surface area contributed by atoms with Crippen molar-refractivity contribution in [2.24, 2.45) is 0 Å². The van der Waals surface area contributed by atoms with Gasteiger partial charge in [-0.05, 0) is 153 Å². The number of carbonyl (C=O) groups is 3. The summed E-state index contributed by atoms with van der Waals surface area (Å²) in [5, 5.41) is 19.0. The highest BCUT2D eigenvalue weighted by Gasteiger charge is 2.30. The van der Waals surface area contributed by atoms with Gasteiger partial charge in [-0.1, -0.05) is 30.7 Å². The van der Waals surface area contributed by atoms with Gasteiger partial charge in [-0.2, -0.15) is 0 Å². The number of carbonyl (C=O) groups excluding carboxylic acids is 3. The van der Waals surface area contributed by atoms with Gasteiger partial charge < -0.3 is 20.5 Å². The Balaban J connectivity index is 1.05. The molecule has 2 amide bonds. The van der Waals surface area contributed by atoms with Crippen molar-refractivity contribution >= 4 is 29.2 Å². The zero-order valence-electron chi connectivity index (χ0n) is 32.1. The molecule has 2 saturated carbocycles. The zero-order valence-corrected chi connectivity index (χ0v) is 32.1. The van der Waals surface area contributed by atoms with Gasteiger partial charge in [0.25, 0.3) is 11.8 Å². The van der Waals surface area contributed by atoms with Crippen LogP contribution in [0.15, 0.2) is 60.9 Å². The average Bonchev–Trinajstić information content (AvgIpc) is 4.13. The Morgan fingerprint density at radius 3 is 1.84 bits per heavy atom. The fourth-order valence-electron chi connectivity index (χ4n) is 7.63. The fraction of sp³-hybridized carbons (Fsp3) is 0.432. The predicted octanol–water partition coefficient (Wildman–Crippen LogP) is 7.02. The number of aromatic nitrogens is 2. The lowest BCUT2D eigenvalue weighted by Crippen LogP contribution is -2.40. The van der Waals surface area contributed by atoms with Crippen molar-refractivity contribution < 1.29 is 24.2 Å². The Morgan fingerprint density at radius 2 is 1.33 bits per heavy atom. The molecule has 1 atom stereocenters. The third-order valence-electron chi connectivity index (χ3n) is 11.1. The van der Waals surface area contributed by atoms with E-state index in [1.54, 1.807) is 13.1 Å². The van der Waals surface area contributed by atoms with Gasteiger partial charge >= 0.3 is 5.97 Å². The van der Waals surface area contributed by atoms with E-state index in [1.807, 2.05) is 68.6 Å². The van der Waals surface area contributed by atoms with E-state index in [1.165, 1.54) is 30.4 Å². The van der Waals surface area contributed by atoms with Crippen molar-refractivity contribution in [2.75, 3.05) is 36.9 Å². The van der Waals surface area contributed by atoms with Crippen LogP contribution in [0.1, 0.15) is 118 Å². The molecule has 0 spiro atoms. The molecule has 2 aromatic carbocycles. The topological polar surface area (TPSA) is 146 Å². The molecule has 1 aliphatic heterocycles. The van der Waals surface area contributed by atoms with Crippen molar-refractivity contribution in [3.05, 3.63) is 106 Å². The Morgan fingerprint density at radius 1 is 0.800 bits per heavy atom. The lowest BCUT2D eigenvalue weighted by Gasteiger charge is -2.27. The smallest absolute Gasteiger partial charge is 0.325 e. The van der Waals surface area contributed by atoms with Crippen molar-refractivity contribution in [2.45, 2.75) is 96.7 Å². The van der Waals surface area contributed by atoms with E-state index in [0.29, 0.717) is 41.1 Å². The predicted molar refractivity (Wildman–Crippen MR) is 213 cm³/mol.